The lowest BCUT2D eigenvalue weighted by Crippen LogP contribution is -2.48. The summed E-state index contributed by atoms with van der Waals surface area (Å²) >= 11 is 3.41. The van der Waals surface area contributed by atoms with Crippen LogP contribution in [0.2, 0.25) is 0 Å². The number of carbonyl (C=O) groups is 2. The van der Waals surface area contributed by atoms with Gasteiger partial charge in [0.25, 0.3) is 5.91 Å². The van der Waals surface area contributed by atoms with Crippen molar-refractivity contribution in [1.29, 1.82) is 0 Å². The third kappa shape index (κ3) is 5.15. The minimum absolute atomic E-state index is 0.147. The molecule has 0 saturated heterocycles. The van der Waals surface area contributed by atoms with Gasteiger partial charge >= 0.3 is 0 Å². The summed E-state index contributed by atoms with van der Waals surface area (Å²) in [7, 11) is 1.56. The maximum atomic E-state index is 13.0. The predicted molar refractivity (Wildman–Crippen MR) is 118 cm³/mol. The molecular weight excluding hydrogens is 432 g/mol. The van der Waals surface area contributed by atoms with Gasteiger partial charge in [0, 0.05) is 23.5 Å². The molecule has 29 heavy (non-hydrogen) atoms. The molecule has 0 unspecified atom stereocenters. The number of carbonyl (C=O) groups excluding carboxylic acids is 2. The maximum Gasteiger partial charge on any atom is 0.261 e. The molecule has 0 aliphatic heterocycles. The summed E-state index contributed by atoms with van der Waals surface area (Å²) in [6.07, 6.45) is 0. The zero-order chi connectivity index (χ0) is 20.8. The lowest BCUT2D eigenvalue weighted by molar-refractivity contribution is -0.142. The highest BCUT2D eigenvalue weighted by molar-refractivity contribution is 9.10. The van der Waals surface area contributed by atoms with Gasteiger partial charge in [-0.25, -0.2) is 0 Å². The van der Waals surface area contributed by atoms with Crippen LogP contribution in [0.1, 0.15) is 12.5 Å². The Balaban J connectivity index is 1.78. The highest BCUT2D eigenvalue weighted by atomic mass is 79.9. The molecule has 1 atom stereocenters. The van der Waals surface area contributed by atoms with Crippen LogP contribution in [-0.2, 0) is 16.1 Å². The highest BCUT2D eigenvalue weighted by Crippen LogP contribution is 2.25. The molecule has 3 aromatic rings. The first-order chi connectivity index (χ1) is 14.0. The molecule has 0 aliphatic carbocycles. The van der Waals surface area contributed by atoms with Gasteiger partial charge < -0.3 is 15.0 Å². The van der Waals surface area contributed by atoms with E-state index in [2.05, 4.69) is 21.2 Å². The molecular formula is C23H23BrN2O3. The molecule has 0 saturated carbocycles. The van der Waals surface area contributed by atoms with Gasteiger partial charge in [0.05, 0.1) is 0 Å². The number of fused-ring (bicyclic) bond motifs is 1. The molecule has 0 radical (unpaired) electrons. The van der Waals surface area contributed by atoms with Crippen molar-refractivity contribution >= 4 is 38.5 Å². The first-order valence-corrected chi connectivity index (χ1v) is 10.1. The summed E-state index contributed by atoms with van der Waals surface area (Å²) in [6, 6.07) is 20.6. The van der Waals surface area contributed by atoms with E-state index in [0.717, 1.165) is 20.8 Å². The van der Waals surface area contributed by atoms with E-state index in [9.17, 15) is 9.59 Å². The van der Waals surface area contributed by atoms with Crippen LogP contribution < -0.4 is 10.1 Å². The van der Waals surface area contributed by atoms with Crippen molar-refractivity contribution in [2.45, 2.75) is 19.5 Å². The molecule has 150 valence electrons. The standard InChI is InChI=1S/C23H23BrN2O3/c1-16(23(28)25-2)26(14-17-10-12-19(24)13-11-17)22(27)15-29-21-9-5-7-18-6-3-4-8-20(18)21/h3-13,16H,14-15H2,1-2H3,(H,25,28)/t16-/m0/s1. The van der Waals surface area contributed by atoms with Crippen molar-refractivity contribution < 1.29 is 14.3 Å². The second kappa shape index (κ2) is 9.56. The molecule has 2 amide bonds. The number of rotatable bonds is 7. The molecule has 5 nitrogen and oxygen atoms in total. The third-order valence-electron chi connectivity index (χ3n) is 4.78. The molecule has 1 N–H and O–H groups in total. The predicted octanol–water partition coefficient (Wildman–Crippen LogP) is 4.14. The summed E-state index contributed by atoms with van der Waals surface area (Å²) in [4.78, 5) is 26.7. The molecule has 0 spiro atoms. The van der Waals surface area contributed by atoms with Gasteiger partial charge in [0.2, 0.25) is 5.91 Å². The van der Waals surface area contributed by atoms with E-state index in [4.69, 9.17) is 4.74 Å². The minimum atomic E-state index is -0.618. The Morgan fingerprint density at radius 3 is 2.45 bits per heavy atom. The van der Waals surface area contributed by atoms with Gasteiger partial charge in [-0.05, 0) is 36.1 Å². The second-order valence-corrected chi connectivity index (χ2v) is 7.62. The zero-order valence-corrected chi connectivity index (χ0v) is 18.0. The van der Waals surface area contributed by atoms with Gasteiger partial charge in [-0.2, -0.15) is 0 Å². The van der Waals surface area contributed by atoms with Crippen LogP contribution >= 0.6 is 15.9 Å². The Bertz CT molecular complexity index is 999. The fraction of sp³-hybridized carbons (Fsp3) is 0.217. The normalized spacial score (nSPS) is 11.7. The van der Waals surface area contributed by atoms with E-state index in [1.54, 1.807) is 14.0 Å². The lowest BCUT2D eigenvalue weighted by Gasteiger charge is -2.28. The number of amides is 2. The van der Waals surface area contributed by atoms with Gasteiger partial charge in [0.15, 0.2) is 6.61 Å². The average Bonchev–Trinajstić information content (AvgIpc) is 2.76. The van der Waals surface area contributed by atoms with E-state index >= 15 is 0 Å². The van der Waals surface area contributed by atoms with Gasteiger partial charge in [0.1, 0.15) is 11.8 Å². The second-order valence-electron chi connectivity index (χ2n) is 6.70. The largest absolute Gasteiger partial charge is 0.483 e. The molecule has 3 aromatic carbocycles. The maximum absolute atomic E-state index is 13.0. The first kappa shape index (κ1) is 20.9. The van der Waals surface area contributed by atoms with Crippen LogP contribution in [-0.4, -0.2) is 36.4 Å². The number of nitrogens with zero attached hydrogens (tertiary/aromatic N) is 1. The Morgan fingerprint density at radius 1 is 1.03 bits per heavy atom. The number of nitrogens with one attached hydrogen (secondary N) is 1. The molecule has 3 rings (SSSR count). The Labute approximate surface area is 178 Å². The van der Waals surface area contributed by atoms with Crippen LogP contribution in [0.3, 0.4) is 0 Å². The molecule has 0 aliphatic rings. The van der Waals surface area contributed by atoms with Crippen molar-refractivity contribution in [2.75, 3.05) is 13.7 Å². The first-order valence-electron chi connectivity index (χ1n) is 9.35. The number of likely N-dealkylation sites (N-methyl/N-ethyl adjacent to an activating group) is 1. The van der Waals surface area contributed by atoms with E-state index < -0.39 is 6.04 Å². The summed E-state index contributed by atoms with van der Waals surface area (Å²) in [5, 5.41) is 4.60. The fourth-order valence-electron chi connectivity index (χ4n) is 3.12. The van der Waals surface area contributed by atoms with Gasteiger partial charge in [-0.15, -0.1) is 0 Å². The number of ether oxygens (including phenoxy) is 1. The van der Waals surface area contributed by atoms with Crippen LogP contribution in [0, 0.1) is 0 Å². The quantitative estimate of drug-likeness (QED) is 0.583. The highest BCUT2D eigenvalue weighted by Gasteiger charge is 2.26. The molecule has 0 aromatic heterocycles. The van der Waals surface area contributed by atoms with Crippen LogP contribution in [0.25, 0.3) is 10.8 Å². The number of hydrogen-bond acceptors (Lipinski definition) is 3. The van der Waals surface area contributed by atoms with E-state index in [0.29, 0.717) is 12.3 Å². The smallest absolute Gasteiger partial charge is 0.261 e. The van der Waals surface area contributed by atoms with Crippen molar-refractivity contribution in [3.63, 3.8) is 0 Å². The summed E-state index contributed by atoms with van der Waals surface area (Å²) in [6.45, 7) is 1.89. The fourth-order valence-corrected chi connectivity index (χ4v) is 3.39. The Kier molecular flexibility index (Phi) is 6.88. The van der Waals surface area contributed by atoms with Crippen LogP contribution in [0.5, 0.6) is 5.75 Å². The van der Waals surface area contributed by atoms with Crippen molar-refractivity contribution in [3.8, 4) is 5.75 Å². The molecule has 0 fully saturated rings. The monoisotopic (exact) mass is 454 g/mol. The third-order valence-corrected chi connectivity index (χ3v) is 5.31. The van der Waals surface area contributed by atoms with E-state index in [-0.39, 0.29) is 18.4 Å². The minimum Gasteiger partial charge on any atom is -0.483 e. The van der Waals surface area contributed by atoms with E-state index in [1.165, 1.54) is 4.90 Å². The van der Waals surface area contributed by atoms with Gasteiger partial charge in [-0.3, -0.25) is 9.59 Å². The average molecular weight is 455 g/mol. The number of hydrogen-bond donors (Lipinski definition) is 1. The topological polar surface area (TPSA) is 58.6 Å². The SMILES string of the molecule is CNC(=O)[C@H](C)N(Cc1ccc(Br)cc1)C(=O)COc1cccc2ccccc12. The van der Waals surface area contributed by atoms with Crippen molar-refractivity contribution in [2.24, 2.45) is 0 Å². The summed E-state index contributed by atoms with van der Waals surface area (Å²) < 4.78 is 6.81. The van der Waals surface area contributed by atoms with Crippen LogP contribution in [0.4, 0.5) is 0 Å². The van der Waals surface area contributed by atoms with Crippen LogP contribution in [0.15, 0.2) is 71.2 Å². The summed E-state index contributed by atoms with van der Waals surface area (Å²) in [5.74, 6) is 0.171. The molecule has 6 heteroatoms. The number of benzene rings is 3. The van der Waals surface area contributed by atoms with E-state index in [1.807, 2.05) is 66.7 Å². The Morgan fingerprint density at radius 2 is 1.72 bits per heavy atom. The lowest BCUT2D eigenvalue weighted by atomic mass is 10.1. The summed E-state index contributed by atoms with van der Waals surface area (Å²) in [5.41, 5.74) is 0.933. The molecule has 0 heterocycles. The molecule has 0 bridgehead atoms. The van der Waals surface area contributed by atoms with Crippen molar-refractivity contribution in [1.82, 2.24) is 10.2 Å². The zero-order valence-electron chi connectivity index (χ0n) is 16.4. The van der Waals surface area contributed by atoms with Crippen molar-refractivity contribution in [3.05, 3.63) is 76.8 Å². The Hall–Kier alpha value is -2.86. The van der Waals surface area contributed by atoms with Gasteiger partial charge in [-0.1, -0.05) is 64.5 Å². The number of halogens is 1.